The Balaban J connectivity index is 1.96. The van der Waals surface area contributed by atoms with Crippen molar-refractivity contribution in [1.82, 2.24) is 0 Å². The molecule has 3 fully saturated rings. The molecule has 0 heteroatoms. The molecule has 0 N–H and O–H groups in total. The summed E-state index contributed by atoms with van der Waals surface area (Å²) < 4.78 is 0. The molecule has 0 aliphatic heterocycles. The summed E-state index contributed by atoms with van der Waals surface area (Å²) in [7, 11) is 0. The minimum absolute atomic E-state index is 0.668. The molecule has 0 saturated heterocycles. The van der Waals surface area contributed by atoms with Crippen molar-refractivity contribution in [1.29, 1.82) is 0 Å². The second kappa shape index (κ2) is 1.61. The van der Waals surface area contributed by atoms with Crippen LogP contribution in [-0.2, 0) is 0 Å². The van der Waals surface area contributed by atoms with Gasteiger partial charge >= 0.3 is 0 Å². The Bertz CT molecular complexity index is 282. The van der Waals surface area contributed by atoms with Crippen LogP contribution in [0.1, 0.15) is 41.5 Å². The zero-order chi connectivity index (χ0) is 9.81. The highest BCUT2D eigenvalue weighted by Crippen LogP contribution is 3.07. The summed E-state index contributed by atoms with van der Waals surface area (Å²) in [6, 6.07) is 0. The zero-order valence-corrected chi connectivity index (χ0v) is 9.81. The van der Waals surface area contributed by atoms with E-state index in [1.165, 1.54) is 0 Å². The molecule has 0 aromatic carbocycles. The lowest BCUT2D eigenvalue weighted by molar-refractivity contribution is -0.0872. The molecule has 0 bridgehead atoms. The van der Waals surface area contributed by atoms with E-state index in [4.69, 9.17) is 0 Å². The molecule has 3 rings (SSSR count). The van der Waals surface area contributed by atoms with Crippen LogP contribution < -0.4 is 0 Å². The summed E-state index contributed by atoms with van der Waals surface area (Å²) in [6.07, 6.45) is 0. The lowest BCUT2D eigenvalue weighted by atomic mass is 9.48. The molecule has 3 aliphatic carbocycles. The number of hydrogen-bond donors (Lipinski definition) is 0. The normalized spacial score (nSPS) is 72.7. The van der Waals surface area contributed by atoms with E-state index in [1.54, 1.807) is 0 Å². The van der Waals surface area contributed by atoms with Gasteiger partial charge in [-0.3, -0.25) is 0 Å². The zero-order valence-electron chi connectivity index (χ0n) is 9.81. The summed E-state index contributed by atoms with van der Waals surface area (Å²) in [5, 5.41) is 0. The molecule has 13 heavy (non-hydrogen) atoms. The van der Waals surface area contributed by atoms with E-state index < -0.39 is 0 Å². The molecule has 0 aromatic rings. The highest BCUT2D eigenvalue weighted by atomic mass is 15.1. The van der Waals surface area contributed by atoms with E-state index in [0.29, 0.717) is 5.41 Å². The molecule has 0 heterocycles. The summed E-state index contributed by atoms with van der Waals surface area (Å²) in [6.45, 7) is 14.9. The summed E-state index contributed by atoms with van der Waals surface area (Å²) in [4.78, 5) is 0. The van der Waals surface area contributed by atoms with E-state index >= 15 is 0 Å². The van der Waals surface area contributed by atoms with Crippen molar-refractivity contribution in [2.45, 2.75) is 41.5 Å². The molecule has 0 nitrogen and oxygen atoms in total. The van der Waals surface area contributed by atoms with Gasteiger partial charge in [-0.05, 0) is 39.9 Å². The number of fused-ring (bicyclic) bond motifs is 1. The Labute approximate surface area is 82.1 Å². The van der Waals surface area contributed by atoms with E-state index in [0.717, 1.165) is 34.5 Å². The first kappa shape index (κ1) is 8.32. The van der Waals surface area contributed by atoms with Gasteiger partial charge in [0, 0.05) is 0 Å². The lowest BCUT2D eigenvalue weighted by Gasteiger charge is -2.56. The van der Waals surface area contributed by atoms with Gasteiger partial charge in [0.05, 0.1) is 0 Å². The van der Waals surface area contributed by atoms with Crippen LogP contribution in [0.5, 0.6) is 0 Å². The van der Waals surface area contributed by atoms with Gasteiger partial charge in [0.2, 0.25) is 0 Å². The average Bonchev–Trinajstić information content (AvgIpc) is 2.80. The van der Waals surface area contributed by atoms with Crippen molar-refractivity contribution in [3.05, 3.63) is 0 Å². The van der Waals surface area contributed by atoms with Crippen LogP contribution in [0.15, 0.2) is 0 Å². The molecule has 74 valence electrons. The lowest BCUT2D eigenvalue weighted by Crippen LogP contribution is -2.51. The van der Waals surface area contributed by atoms with Gasteiger partial charge in [0.1, 0.15) is 0 Å². The van der Waals surface area contributed by atoms with Crippen LogP contribution >= 0.6 is 0 Å². The quantitative estimate of drug-likeness (QED) is 0.576. The van der Waals surface area contributed by atoms with E-state index in [1.807, 2.05) is 0 Å². The minimum atomic E-state index is 0.668. The smallest absolute Gasteiger partial charge is 0.0136 e. The Morgan fingerprint density at radius 2 is 1.54 bits per heavy atom. The van der Waals surface area contributed by atoms with Gasteiger partial charge in [-0.25, -0.2) is 0 Å². The minimum Gasteiger partial charge on any atom is -0.0622 e. The monoisotopic (exact) mass is 178 g/mol. The molecule has 0 amide bonds. The third kappa shape index (κ3) is 0.427. The van der Waals surface area contributed by atoms with Crippen molar-refractivity contribution >= 4 is 0 Å². The van der Waals surface area contributed by atoms with Gasteiger partial charge in [0.25, 0.3) is 0 Å². The second-order valence-electron chi connectivity index (χ2n) is 6.61. The maximum Gasteiger partial charge on any atom is -0.0136 e. The molecular weight excluding hydrogens is 156 g/mol. The fourth-order valence-corrected chi connectivity index (χ4v) is 5.79. The number of hydrogen-bond acceptors (Lipinski definition) is 0. The molecule has 0 radical (unpaired) electrons. The van der Waals surface area contributed by atoms with Crippen molar-refractivity contribution in [3.63, 3.8) is 0 Å². The van der Waals surface area contributed by atoms with Crippen LogP contribution in [0.4, 0.5) is 0 Å². The Kier molecular flexibility index (Phi) is 1.03. The predicted octanol–water partition coefficient (Wildman–Crippen LogP) is 3.57. The van der Waals surface area contributed by atoms with Crippen molar-refractivity contribution in [2.75, 3.05) is 0 Å². The van der Waals surface area contributed by atoms with Gasteiger partial charge < -0.3 is 0 Å². The van der Waals surface area contributed by atoms with Gasteiger partial charge in [-0.1, -0.05) is 41.5 Å². The predicted molar refractivity (Wildman–Crippen MR) is 55.3 cm³/mol. The topological polar surface area (TPSA) is 0 Å². The number of rotatable bonds is 1. The summed E-state index contributed by atoms with van der Waals surface area (Å²) in [5.41, 5.74) is 2.26. The molecule has 1 spiro atoms. The van der Waals surface area contributed by atoms with Crippen LogP contribution in [0.3, 0.4) is 0 Å². The molecule has 6 atom stereocenters. The highest BCUT2D eigenvalue weighted by molar-refractivity contribution is 5.50. The molecular formula is C13H22. The van der Waals surface area contributed by atoms with E-state index in [2.05, 4.69) is 41.5 Å². The van der Waals surface area contributed by atoms with Crippen molar-refractivity contribution < 1.29 is 0 Å². The third-order valence-electron chi connectivity index (χ3n) is 6.98. The van der Waals surface area contributed by atoms with Gasteiger partial charge in [-0.2, -0.15) is 0 Å². The molecule has 3 saturated carbocycles. The first-order chi connectivity index (χ1) is 5.87. The van der Waals surface area contributed by atoms with Crippen molar-refractivity contribution in [3.8, 4) is 0 Å². The van der Waals surface area contributed by atoms with Crippen LogP contribution in [-0.4, -0.2) is 0 Å². The molecule has 6 unspecified atom stereocenters. The fourth-order valence-electron chi connectivity index (χ4n) is 5.79. The van der Waals surface area contributed by atoms with E-state index in [9.17, 15) is 0 Å². The van der Waals surface area contributed by atoms with Gasteiger partial charge in [-0.15, -0.1) is 0 Å². The molecule has 3 aliphatic rings. The maximum absolute atomic E-state index is 2.53. The first-order valence-corrected chi connectivity index (χ1v) is 5.87. The summed E-state index contributed by atoms with van der Waals surface area (Å²) in [5.74, 6) is 3.96. The fraction of sp³-hybridized carbons (Fsp3) is 1.00. The second-order valence-corrected chi connectivity index (χ2v) is 6.61. The summed E-state index contributed by atoms with van der Waals surface area (Å²) >= 11 is 0. The van der Waals surface area contributed by atoms with Crippen LogP contribution in [0.25, 0.3) is 0 Å². The Morgan fingerprint density at radius 1 is 1.00 bits per heavy atom. The molecule has 0 aromatic heterocycles. The SMILES string of the molecule is CC(C)C1(C)C(C)C23C(C)C2(C)C13. The van der Waals surface area contributed by atoms with Crippen LogP contribution in [0.2, 0.25) is 0 Å². The van der Waals surface area contributed by atoms with Crippen molar-refractivity contribution in [2.24, 2.45) is 39.9 Å². The maximum atomic E-state index is 2.53. The van der Waals surface area contributed by atoms with Crippen LogP contribution in [0, 0.1) is 39.9 Å². The largest absolute Gasteiger partial charge is 0.0622 e. The van der Waals surface area contributed by atoms with E-state index in [-0.39, 0.29) is 0 Å². The first-order valence-electron chi connectivity index (χ1n) is 5.87. The standard InChI is InChI=1S/C13H22/c1-7(2)11(5)8(3)13-9(4)12(13,6)10(11)13/h7-10H,1-6H3. The Hall–Kier alpha value is 0. The third-order valence-corrected chi connectivity index (χ3v) is 6.98. The van der Waals surface area contributed by atoms with Gasteiger partial charge in [0.15, 0.2) is 0 Å². The Morgan fingerprint density at radius 3 is 1.77 bits per heavy atom. The highest BCUT2D eigenvalue weighted by Gasteiger charge is 3.04. The average molecular weight is 178 g/mol.